The average Bonchev–Trinajstić information content (AvgIpc) is 2.43. The Balaban J connectivity index is 3.45. The topological polar surface area (TPSA) is 80.5 Å². The summed E-state index contributed by atoms with van der Waals surface area (Å²) in [4.78, 5) is 10.8. The molecule has 0 bridgehead atoms. The molecule has 1 aromatic carbocycles. The molecular weight excluding hydrogens is 390 g/mol. The van der Waals surface area contributed by atoms with Crippen molar-refractivity contribution in [2.75, 3.05) is 12.3 Å². The van der Waals surface area contributed by atoms with E-state index in [1.165, 1.54) is 0 Å². The first-order valence-corrected chi connectivity index (χ1v) is 8.43. The highest BCUT2D eigenvalue weighted by Gasteiger charge is 2.38. The van der Waals surface area contributed by atoms with Crippen LogP contribution in [0.15, 0.2) is 30.9 Å². The summed E-state index contributed by atoms with van der Waals surface area (Å²) in [5, 5.41) is 0. The Hall–Kier alpha value is -2.08. The van der Waals surface area contributed by atoms with E-state index >= 15 is 0 Å². The highest BCUT2D eigenvalue weighted by atomic mass is 32.2. The van der Waals surface area contributed by atoms with Crippen molar-refractivity contribution in [3.8, 4) is 0 Å². The minimum absolute atomic E-state index is 0.221. The fraction of sp³-hybridized carbons (Fsp3) is 0.357. The Labute approximate surface area is 145 Å². The van der Waals surface area contributed by atoms with Crippen molar-refractivity contribution in [1.82, 2.24) is 4.31 Å². The van der Waals surface area contributed by atoms with Crippen molar-refractivity contribution in [2.45, 2.75) is 18.9 Å². The first-order chi connectivity index (χ1) is 11.7. The van der Waals surface area contributed by atoms with E-state index in [9.17, 15) is 39.6 Å². The van der Waals surface area contributed by atoms with Gasteiger partial charge in [0.05, 0.1) is 11.1 Å². The molecule has 0 aliphatic heterocycles. The smallest absolute Gasteiger partial charge is 0.369 e. The predicted octanol–water partition coefficient (Wildman–Crippen LogP) is 2.53. The van der Waals surface area contributed by atoms with Crippen LogP contribution >= 0.6 is 0 Å². The van der Waals surface area contributed by atoms with E-state index in [0.717, 1.165) is 6.08 Å². The lowest BCUT2D eigenvalue weighted by atomic mass is 10.0. The maximum atomic E-state index is 13.1. The molecule has 0 fully saturated rings. The van der Waals surface area contributed by atoms with Crippen LogP contribution in [0.1, 0.15) is 16.7 Å². The standard InChI is InChI=1S/C14H14F6N2O3S/c1-2-5-22(26(24,25)8-12(21)23)7-9-6-10(13(15,16)17)3-4-11(9)14(18,19)20/h2-4,6H,1,5,7-8H2,(H2,21,23). The van der Waals surface area contributed by atoms with Gasteiger partial charge in [-0.25, -0.2) is 8.42 Å². The Morgan fingerprint density at radius 3 is 2.15 bits per heavy atom. The van der Waals surface area contributed by atoms with Gasteiger partial charge in [-0.15, -0.1) is 6.58 Å². The molecule has 26 heavy (non-hydrogen) atoms. The number of amides is 1. The van der Waals surface area contributed by atoms with Crippen LogP contribution in [0, 0.1) is 0 Å². The lowest BCUT2D eigenvalue weighted by Gasteiger charge is -2.23. The molecule has 0 aliphatic rings. The Morgan fingerprint density at radius 1 is 1.15 bits per heavy atom. The molecule has 5 nitrogen and oxygen atoms in total. The normalized spacial score (nSPS) is 13.0. The quantitative estimate of drug-likeness (QED) is 0.560. The second kappa shape index (κ2) is 7.66. The summed E-state index contributed by atoms with van der Waals surface area (Å²) in [6.07, 6.45) is -8.92. The number of nitrogens with two attached hydrogens (primary N) is 1. The van der Waals surface area contributed by atoms with Crippen LogP contribution in [0.4, 0.5) is 26.3 Å². The third kappa shape index (κ3) is 5.73. The van der Waals surface area contributed by atoms with Crippen LogP contribution in [-0.4, -0.2) is 30.9 Å². The molecule has 0 heterocycles. The number of sulfonamides is 1. The molecule has 0 radical (unpaired) electrons. The number of alkyl halides is 6. The first kappa shape index (κ1) is 22.0. The molecule has 0 saturated heterocycles. The molecule has 12 heteroatoms. The number of nitrogens with zero attached hydrogens (tertiary/aromatic N) is 1. The molecule has 1 aromatic rings. The molecule has 0 saturated carbocycles. The molecular formula is C14H14F6N2O3S. The fourth-order valence-electron chi connectivity index (χ4n) is 2.06. The van der Waals surface area contributed by atoms with E-state index in [4.69, 9.17) is 5.73 Å². The molecule has 0 atom stereocenters. The molecule has 146 valence electrons. The fourth-order valence-corrected chi connectivity index (χ4v) is 3.27. The van der Waals surface area contributed by atoms with Gasteiger partial charge in [-0.3, -0.25) is 4.79 Å². The van der Waals surface area contributed by atoms with E-state index in [1.807, 2.05) is 0 Å². The number of carbonyl (C=O) groups excluding carboxylic acids is 1. The highest BCUT2D eigenvalue weighted by Crippen LogP contribution is 2.37. The second-order valence-corrected chi connectivity index (χ2v) is 7.14. The van der Waals surface area contributed by atoms with E-state index in [1.54, 1.807) is 0 Å². The number of carbonyl (C=O) groups is 1. The van der Waals surface area contributed by atoms with Gasteiger partial charge in [-0.1, -0.05) is 6.08 Å². The lowest BCUT2D eigenvalue weighted by Crippen LogP contribution is -2.37. The van der Waals surface area contributed by atoms with Gasteiger partial charge >= 0.3 is 12.4 Å². The number of rotatable bonds is 7. The molecule has 0 aliphatic carbocycles. The van der Waals surface area contributed by atoms with Crippen molar-refractivity contribution >= 4 is 15.9 Å². The molecule has 1 rings (SSSR count). The highest BCUT2D eigenvalue weighted by molar-refractivity contribution is 7.89. The average molecular weight is 404 g/mol. The maximum absolute atomic E-state index is 13.1. The summed E-state index contributed by atoms with van der Waals surface area (Å²) in [6.45, 7) is 1.67. The van der Waals surface area contributed by atoms with Crippen molar-refractivity contribution < 1.29 is 39.6 Å². The minimum Gasteiger partial charge on any atom is -0.369 e. The van der Waals surface area contributed by atoms with E-state index in [2.05, 4.69) is 6.58 Å². The van der Waals surface area contributed by atoms with Crippen LogP contribution in [-0.2, 0) is 33.7 Å². The number of hydrogen-bond acceptors (Lipinski definition) is 3. The summed E-state index contributed by atoms with van der Waals surface area (Å²) >= 11 is 0. The summed E-state index contributed by atoms with van der Waals surface area (Å²) in [7, 11) is -4.45. The van der Waals surface area contributed by atoms with Crippen molar-refractivity contribution in [3.63, 3.8) is 0 Å². The van der Waals surface area contributed by atoms with Crippen LogP contribution in [0.5, 0.6) is 0 Å². The monoisotopic (exact) mass is 404 g/mol. The predicted molar refractivity (Wildman–Crippen MR) is 80.0 cm³/mol. The van der Waals surface area contributed by atoms with Gasteiger partial charge in [-0.05, 0) is 23.8 Å². The summed E-state index contributed by atoms with van der Waals surface area (Å²) in [5.41, 5.74) is 1.08. The lowest BCUT2D eigenvalue weighted by molar-refractivity contribution is -0.142. The van der Waals surface area contributed by atoms with Gasteiger partial charge in [0.2, 0.25) is 15.9 Å². The Bertz CT molecular complexity index is 787. The SMILES string of the molecule is C=CCN(Cc1cc(C(F)(F)F)ccc1C(F)(F)F)S(=O)(=O)CC(N)=O. The minimum atomic E-state index is -5.01. The molecule has 1 amide bonds. The van der Waals surface area contributed by atoms with Crippen molar-refractivity contribution in [1.29, 1.82) is 0 Å². The van der Waals surface area contributed by atoms with Crippen LogP contribution in [0.3, 0.4) is 0 Å². The zero-order chi connectivity index (χ0) is 20.3. The van der Waals surface area contributed by atoms with Crippen molar-refractivity contribution in [3.05, 3.63) is 47.5 Å². The number of halogens is 6. The first-order valence-electron chi connectivity index (χ1n) is 6.83. The summed E-state index contributed by atoms with van der Waals surface area (Å²) in [5.74, 6) is -2.47. The zero-order valence-electron chi connectivity index (χ0n) is 13.1. The maximum Gasteiger partial charge on any atom is 0.416 e. The third-order valence-electron chi connectivity index (χ3n) is 3.14. The van der Waals surface area contributed by atoms with Gasteiger partial charge in [-0.2, -0.15) is 30.6 Å². The Morgan fingerprint density at radius 2 is 1.73 bits per heavy atom. The zero-order valence-corrected chi connectivity index (χ0v) is 13.9. The molecule has 2 N–H and O–H groups in total. The number of benzene rings is 1. The second-order valence-electron chi connectivity index (χ2n) is 5.17. The van der Waals surface area contributed by atoms with E-state index in [-0.39, 0.29) is 18.2 Å². The van der Waals surface area contributed by atoms with Crippen LogP contribution in [0.2, 0.25) is 0 Å². The molecule has 0 spiro atoms. The van der Waals surface area contributed by atoms with Gasteiger partial charge in [0.1, 0.15) is 5.75 Å². The largest absolute Gasteiger partial charge is 0.416 e. The summed E-state index contributed by atoms with van der Waals surface area (Å²) < 4.78 is 102. The molecule has 0 aromatic heterocycles. The molecule has 0 unspecified atom stereocenters. The number of primary amides is 1. The van der Waals surface area contributed by atoms with Gasteiger partial charge < -0.3 is 5.73 Å². The van der Waals surface area contributed by atoms with Gasteiger partial charge in [0.25, 0.3) is 0 Å². The third-order valence-corrected chi connectivity index (χ3v) is 4.85. The van der Waals surface area contributed by atoms with Crippen molar-refractivity contribution in [2.24, 2.45) is 5.73 Å². The van der Waals surface area contributed by atoms with E-state index < -0.39 is 63.8 Å². The van der Waals surface area contributed by atoms with Crippen LogP contribution in [0.25, 0.3) is 0 Å². The van der Waals surface area contributed by atoms with E-state index in [0.29, 0.717) is 4.31 Å². The van der Waals surface area contributed by atoms with Crippen LogP contribution < -0.4 is 5.73 Å². The number of hydrogen-bond donors (Lipinski definition) is 1. The van der Waals surface area contributed by atoms with Gasteiger partial charge in [0, 0.05) is 13.1 Å². The Kier molecular flexibility index (Phi) is 6.47. The summed E-state index contributed by atoms with van der Waals surface area (Å²) in [6, 6.07) is 0.700. The van der Waals surface area contributed by atoms with Gasteiger partial charge in [0.15, 0.2) is 0 Å².